The number of allylic oxidation sites excluding steroid dienone is 4. The van der Waals surface area contributed by atoms with E-state index in [2.05, 4.69) is 87.5 Å². The Bertz CT molecular complexity index is 898. The molecule has 0 aromatic heterocycles. The molecule has 1 aliphatic heterocycles. The van der Waals surface area contributed by atoms with E-state index in [4.69, 9.17) is 4.99 Å². The number of aliphatic imine (C=N–C) groups is 1. The first-order valence-corrected chi connectivity index (χ1v) is 10.3. The number of hydrogen-bond donors (Lipinski definition) is 0. The summed E-state index contributed by atoms with van der Waals surface area (Å²) in [6.07, 6.45) is 8.24. The third-order valence-corrected chi connectivity index (χ3v) is 6.74. The molecule has 1 saturated carbocycles. The Labute approximate surface area is 160 Å². The Balaban J connectivity index is 1.77. The Kier molecular flexibility index (Phi) is 4.86. The predicted octanol–water partition coefficient (Wildman–Crippen LogP) is 7.07. The van der Waals surface area contributed by atoms with Crippen LogP contribution in [0, 0.1) is 17.8 Å². The highest BCUT2D eigenvalue weighted by atomic mass is 32.2. The highest BCUT2D eigenvalue weighted by molar-refractivity contribution is 7.99. The molecule has 0 radical (unpaired) electrons. The third-order valence-electron chi connectivity index (χ3n) is 5.60. The summed E-state index contributed by atoms with van der Waals surface area (Å²) in [6, 6.07) is 17.0. The molecule has 2 unspecified atom stereocenters. The van der Waals surface area contributed by atoms with Crippen molar-refractivity contribution in [1.82, 2.24) is 0 Å². The summed E-state index contributed by atoms with van der Waals surface area (Å²) in [4.78, 5) is 7.58. The maximum Gasteiger partial charge on any atom is 0.0789 e. The summed E-state index contributed by atoms with van der Waals surface area (Å²) < 4.78 is 0. The van der Waals surface area contributed by atoms with Crippen LogP contribution in [0.1, 0.15) is 32.8 Å². The van der Waals surface area contributed by atoms with Crippen LogP contribution in [0.5, 0.6) is 0 Å². The van der Waals surface area contributed by atoms with Crippen LogP contribution in [0.25, 0.3) is 0 Å². The Hall–Kier alpha value is -2.06. The summed E-state index contributed by atoms with van der Waals surface area (Å²) in [5.41, 5.74) is 4.57. The van der Waals surface area contributed by atoms with Crippen molar-refractivity contribution < 1.29 is 0 Å². The van der Waals surface area contributed by atoms with Crippen LogP contribution in [0.15, 0.2) is 87.1 Å². The zero-order chi connectivity index (χ0) is 18.1. The molecule has 2 aliphatic rings. The molecule has 2 aromatic carbocycles. The predicted molar refractivity (Wildman–Crippen MR) is 113 cm³/mol. The number of para-hydroxylation sites is 1. The third kappa shape index (κ3) is 3.19. The van der Waals surface area contributed by atoms with E-state index in [1.807, 2.05) is 11.8 Å². The van der Waals surface area contributed by atoms with Crippen LogP contribution < -0.4 is 0 Å². The SMILES string of the molecule is C/C=C(\C=C/C1C(C)CC1C)C1=Nc2ccccc2Sc2ccccc21. The minimum atomic E-state index is 0.688. The fourth-order valence-electron chi connectivity index (χ4n) is 4.08. The molecule has 0 amide bonds. The molecule has 0 saturated heterocycles. The summed E-state index contributed by atoms with van der Waals surface area (Å²) in [7, 11) is 0. The monoisotopic (exact) mass is 359 g/mol. The highest BCUT2D eigenvalue weighted by Gasteiger charge is 2.32. The Morgan fingerprint density at radius 1 is 1.00 bits per heavy atom. The number of fused-ring (bicyclic) bond motifs is 2. The van der Waals surface area contributed by atoms with Crippen LogP contribution >= 0.6 is 11.8 Å². The molecule has 26 heavy (non-hydrogen) atoms. The highest BCUT2D eigenvalue weighted by Crippen LogP contribution is 2.42. The number of benzene rings is 2. The molecule has 1 fully saturated rings. The van der Waals surface area contributed by atoms with Gasteiger partial charge in [-0.05, 0) is 54.9 Å². The van der Waals surface area contributed by atoms with Crippen molar-refractivity contribution in [1.29, 1.82) is 0 Å². The minimum Gasteiger partial charge on any atom is -0.247 e. The second-order valence-corrected chi connectivity index (χ2v) is 8.48. The second kappa shape index (κ2) is 7.28. The number of rotatable bonds is 3. The Morgan fingerprint density at radius 3 is 2.42 bits per heavy atom. The van der Waals surface area contributed by atoms with E-state index in [0.717, 1.165) is 23.2 Å². The van der Waals surface area contributed by atoms with Gasteiger partial charge in [-0.3, -0.25) is 0 Å². The van der Waals surface area contributed by atoms with Gasteiger partial charge in [0.15, 0.2) is 0 Å². The summed E-state index contributed by atoms with van der Waals surface area (Å²) >= 11 is 1.81. The van der Waals surface area contributed by atoms with Crippen LogP contribution in [0.3, 0.4) is 0 Å². The molecule has 1 aliphatic carbocycles. The number of hydrogen-bond acceptors (Lipinski definition) is 2. The zero-order valence-corrected chi connectivity index (χ0v) is 16.5. The molecular formula is C24H25NS. The first kappa shape index (κ1) is 17.4. The molecule has 0 bridgehead atoms. The van der Waals surface area contributed by atoms with Crippen molar-refractivity contribution in [3.05, 3.63) is 77.9 Å². The van der Waals surface area contributed by atoms with Crippen molar-refractivity contribution in [2.75, 3.05) is 0 Å². The first-order chi connectivity index (χ1) is 12.7. The average Bonchev–Trinajstić information content (AvgIpc) is 2.82. The van der Waals surface area contributed by atoms with E-state index >= 15 is 0 Å². The summed E-state index contributed by atoms with van der Waals surface area (Å²) in [5.74, 6) is 2.27. The smallest absolute Gasteiger partial charge is 0.0789 e. The van der Waals surface area contributed by atoms with E-state index in [-0.39, 0.29) is 0 Å². The van der Waals surface area contributed by atoms with Gasteiger partial charge >= 0.3 is 0 Å². The molecule has 1 heterocycles. The van der Waals surface area contributed by atoms with Gasteiger partial charge in [-0.1, -0.05) is 74.2 Å². The molecular weight excluding hydrogens is 334 g/mol. The lowest BCUT2D eigenvalue weighted by atomic mass is 9.66. The molecule has 2 heteroatoms. The second-order valence-electron chi connectivity index (χ2n) is 7.40. The van der Waals surface area contributed by atoms with Crippen molar-refractivity contribution >= 4 is 23.2 Å². The van der Waals surface area contributed by atoms with Crippen molar-refractivity contribution in [3.8, 4) is 0 Å². The lowest BCUT2D eigenvalue weighted by Crippen LogP contribution is -2.31. The van der Waals surface area contributed by atoms with E-state index in [1.165, 1.54) is 27.3 Å². The fraction of sp³-hybridized carbons (Fsp3) is 0.292. The van der Waals surface area contributed by atoms with Crippen molar-refractivity contribution in [2.24, 2.45) is 22.7 Å². The van der Waals surface area contributed by atoms with Crippen LogP contribution in [-0.4, -0.2) is 5.71 Å². The van der Waals surface area contributed by atoms with E-state index in [9.17, 15) is 0 Å². The van der Waals surface area contributed by atoms with Gasteiger partial charge in [-0.15, -0.1) is 0 Å². The first-order valence-electron chi connectivity index (χ1n) is 9.47. The van der Waals surface area contributed by atoms with E-state index in [1.54, 1.807) is 0 Å². The quantitative estimate of drug-likeness (QED) is 0.534. The number of nitrogens with zero attached hydrogens (tertiary/aromatic N) is 1. The lowest BCUT2D eigenvalue weighted by molar-refractivity contribution is 0.148. The molecule has 0 spiro atoms. The van der Waals surface area contributed by atoms with Gasteiger partial charge < -0.3 is 0 Å². The van der Waals surface area contributed by atoms with Gasteiger partial charge in [0.05, 0.1) is 11.4 Å². The lowest BCUT2D eigenvalue weighted by Gasteiger charge is -2.39. The molecule has 1 nitrogen and oxygen atoms in total. The van der Waals surface area contributed by atoms with E-state index < -0.39 is 0 Å². The standard InChI is InChI=1S/C24H25NS/c1-4-18(13-14-19-16(2)15-17(19)3)24-20-9-5-7-11-22(20)26-23-12-8-6-10-21(23)25-24/h4-14,16-17,19H,15H2,1-3H3/b14-13-,18-4+. The Morgan fingerprint density at radius 2 is 1.69 bits per heavy atom. The van der Waals surface area contributed by atoms with Crippen LogP contribution in [-0.2, 0) is 0 Å². The molecule has 132 valence electrons. The maximum atomic E-state index is 5.09. The van der Waals surface area contributed by atoms with Gasteiger partial charge in [0.1, 0.15) is 0 Å². The van der Waals surface area contributed by atoms with Gasteiger partial charge in [0.2, 0.25) is 0 Å². The van der Waals surface area contributed by atoms with Gasteiger partial charge in [-0.2, -0.15) is 0 Å². The van der Waals surface area contributed by atoms with Gasteiger partial charge in [-0.25, -0.2) is 4.99 Å². The topological polar surface area (TPSA) is 12.4 Å². The molecule has 4 rings (SSSR count). The average molecular weight is 360 g/mol. The van der Waals surface area contributed by atoms with Gasteiger partial charge in [0, 0.05) is 15.4 Å². The molecule has 2 atom stereocenters. The van der Waals surface area contributed by atoms with E-state index in [0.29, 0.717) is 5.92 Å². The normalized spacial score (nSPS) is 25.1. The summed E-state index contributed by atoms with van der Waals surface area (Å²) in [5, 5.41) is 0. The van der Waals surface area contributed by atoms with Crippen LogP contribution in [0.2, 0.25) is 0 Å². The minimum absolute atomic E-state index is 0.688. The fourth-order valence-corrected chi connectivity index (χ4v) is 5.10. The largest absolute Gasteiger partial charge is 0.247 e. The zero-order valence-electron chi connectivity index (χ0n) is 15.6. The molecule has 2 aromatic rings. The van der Waals surface area contributed by atoms with Gasteiger partial charge in [0.25, 0.3) is 0 Å². The molecule has 0 N–H and O–H groups in total. The van der Waals surface area contributed by atoms with Crippen LogP contribution in [0.4, 0.5) is 5.69 Å². The van der Waals surface area contributed by atoms with Crippen molar-refractivity contribution in [3.63, 3.8) is 0 Å². The maximum absolute atomic E-state index is 5.09. The summed E-state index contributed by atoms with van der Waals surface area (Å²) in [6.45, 7) is 6.83. The van der Waals surface area contributed by atoms with Crippen molar-refractivity contribution in [2.45, 2.75) is 37.0 Å².